The van der Waals surface area contributed by atoms with E-state index in [-0.39, 0.29) is 5.91 Å². The summed E-state index contributed by atoms with van der Waals surface area (Å²) >= 11 is 3.71. The van der Waals surface area contributed by atoms with Crippen molar-refractivity contribution < 1.29 is 14.3 Å². The lowest BCUT2D eigenvalue weighted by molar-refractivity contribution is -0.113. The largest absolute Gasteiger partial charge is 0.490 e. The third kappa shape index (κ3) is 5.54. The van der Waals surface area contributed by atoms with Gasteiger partial charge in [-0.05, 0) is 90.1 Å². The van der Waals surface area contributed by atoms with Crippen LogP contribution in [0.5, 0.6) is 11.5 Å². The standard InChI is InChI=1S/C30H30BrN5O3/c1-5-38-25-15-22(14-24(31)28(25)39-16-21-11-7-6-10-19(21)3)27-26(20(4)34-30-32-17-33-36(27)30)29(37)35-23-12-8-9-18(2)13-23/h6-15,17,27H,5,16H2,1-4H3,(H,35,37)(H,32,33,34). The smallest absolute Gasteiger partial charge is 0.255 e. The molecule has 1 aliphatic rings. The number of allylic oxidation sites excluding steroid dienone is 1. The maximum Gasteiger partial charge on any atom is 0.255 e. The molecule has 2 heterocycles. The first-order chi connectivity index (χ1) is 18.9. The molecule has 3 aromatic carbocycles. The number of benzene rings is 3. The van der Waals surface area contributed by atoms with Crippen LogP contribution in [-0.2, 0) is 11.4 Å². The molecule has 4 aromatic rings. The highest BCUT2D eigenvalue weighted by Gasteiger charge is 2.34. The van der Waals surface area contributed by atoms with Gasteiger partial charge in [0, 0.05) is 11.4 Å². The average Bonchev–Trinajstić information content (AvgIpc) is 3.36. The maximum atomic E-state index is 13.7. The number of aromatic nitrogens is 3. The number of amides is 1. The number of fused-ring (bicyclic) bond motifs is 1. The third-order valence-electron chi connectivity index (χ3n) is 6.60. The molecule has 8 nitrogen and oxygen atoms in total. The highest BCUT2D eigenvalue weighted by atomic mass is 79.9. The Labute approximate surface area is 236 Å². The van der Waals surface area contributed by atoms with Gasteiger partial charge < -0.3 is 20.1 Å². The quantitative estimate of drug-likeness (QED) is 0.242. The van der Waals surface area contributed by atoms with Crippen LogP contribution in [0.15, 0.2) is 82.7 Å². The van der Waals surface area contributed by atoms with E-state index in [4.69, 9.17) is 9.47 Å². The molecule has 1 unspecified atom stereocenters. The van der Waals surface area contributed by atoms with Crippen LogP contribution >= 0.6 is 15.9 Å². The Bertz CT molecular complexity index is 1560. The van der Waals surface area contributed by atoms with E-state index < -0.39 is 6.04 Å². The molecule has 0 aliphatic carbocycles. The molecule has 0 bridgehead atoms. The van der Waals surface area contributed by atoms with Crippen LogP contribution in [0.2, 0.25) is 0 Å². The number of hydrogen-bond donors (Lipinski definition) is 2. The summed E-state index contributed by atoms with van der Waals surface area (Å²) in [5, 5.41) is 10.7. The summed E-state index contributed by atoms with van der Waals surface area (Å²) in [6.07, 6.45) is 1.47. The van der Waals surface area contributed by atoms with Crippen LogP contribution < -0.4 is 20.1 Å². The predicted octanol–water partition coefficient (Wildman–Crippen LogP) is 6.56. The minimum Gasteiger partial charge on any atom is -0.490 e. The van der Waals surface area contributed by atoms with E-state index >= 15 is 0 Å². The molecule has 2 N–H and O–H groups in total. The molecule has 1 aromatic heterocycles. The Hall–Kier alpha value is -4.11. The summed E-state index contributed by atoms with van der Waals surface area (Å²) in [6, 6.07) is 19.1. The molecular weight excluding hydrogens is 558 g/mol. The fourth-order valence-electron chi connectivity index (χ4n) is 4.69. The van der Waals surface area contributed by atoms with E-state index in [0.29, 0.717) is 46.4 Å². The lowest BCUT2D eigenvalue weighted by Crippen LogP contribution is -2.31. The zero-order chi connectivity index (χ0) is 27.5. The van der Waals surface area contributed by atoms with Crippen molar-refractivity contribution in [1.82, 2.24) is 14.8 Å². The summed E-state index contributed by atoms with van der Waals surface area (Å²) < 4.78 is 14.7. The number of carbonyl (C=O) groups excluding carboxylic acids is 1. The topological polar surface area (TPSA) is 90.3 Å². The Morgan fingerprint density at radius 1 is 1.08 bits per heavy atom. The van der Waals surface area contributed by atoms with Crippen molar-refractivity contribution in [3.63, 3.8) is 0 Å². The number of halogens is 1. The van der Waals surface area contributed by atoms with E-state index in [1.807, 2.05) is 75.4 Å². The van der Waals surface area contributed by atoms with Gasteiger partial charge >= 0.3 is 0 Å². The number of anilines is 2. The molecule has 0 saturated carbocycles. The second kappa shape index (κ2) is 11.3. The first-order valence-corrected chi connectivity index (χ1v) is 13.5. The van der Waals surface area contributed by atoms with E-state index in [1.165, 1.54) is 6.33 Å². The first-order valence-electron chi connectivity index (χ1n) is 12.7. The van der Waals surface area contributed by atoms with Crippen LogP contribution in [0.3, 0.4) is 0 Å². The van der Waals surface area contributed by atoms with Gasteiger partial charge in [0.25, 0.3) is 5.91 Å². The van der Waals surface area contributed by atoms with Gasteiger partial charge in [0.1, 0.15) is 19.0 Å². The van der Waals surface area contributed by atoms with Crippen molar-refractivity contribution in [1.29, 1.82) is 0 Å². The summed E-state index contributed by atoms with van der Waals surface area (Å²) in [4.78, 5) is 18.1. The zero-order valence-corrected chi connectivity index (χ0v) is 23.9. The van der Waals surface area contributed by atoms with Gasteiger partial charge in [0.2, 0.25) is 5.95 Å². The van der Waals surface area contributed by atoms with Gasteiger partial charge in [-0.15, -0.1) is 0 Å². The van der Waals surface area contributed by atoms with Gasteiger partial charge in [-0.2, -0.15) is 10.1 Å². The van der Waals surface area contributed by atoms with Crippen LogP contribution in [0.25, 0.3) is 0 Å². The third-order valence-corrected chi connectivity index (χ3v) is 7.18. The summed E-state index contributed by atoms with van der Waals surface area (Å²) in [6.45, 7) is 8.69. The van der Waals surface area contributed by atoms with Crippen LogP contribution in [-0.4, -0.2) is 27.3 Å². The molecular formula is C30H30BrN5O3. The van der Waals surface area contributed by atoms with Gasteiger partial charge in [0.15, 0.2) is 11.5 Å². The minimum absolute atomic E-state index is 0.231. The first kappa shape index (κ1) is 26.5. The van der Waals surface area contributed by atoms with E-state index in [9.17, 15) is 4.79 Å². The summed E-state index contributed by atoms with van der Waals surface area (Å²) in [5.74, 6) is 1.50. The van der Waals surface area contributed by atoms with Crippen molar-refractivity contribution in [3.8, 4) is 11.5 Å². The highest BCUT2D eigenvalue weighted by molar-refractivity contribution is 9.10. The molecule has 1 aliphatic heterocycles. The lowest BCUT2D eigenvalue weighted by Gasteiger charge is -2.29. The average molecular weight is 589 g/mol. The van der Waals surface area contributed by atoms with Crippen LogP contribution in [0.4, 0.5) is 11.6 Å². The fraction of sp³-hybridized carbons (Fsp3) is 0.233. The number of carbonyl (C=O) groups is 1. The minimum atomic E-state index is -0.547. The maximum absolute atomic E-state index is 13.7. The number of nitrogens with one attached hydrogen (secondary N) is 2. The van der Waals surface area contributed by atoms with Gasteiger partial charge in [0.05, 0.1) is 16.7 Å². The molecule has 0 saturated heterocycles. The van der Waals surface area contributed by atoms with Gasteiger partial charge in [-0.3, -0.25) is 4.79 Å². The molecule has 0 spiro atoms. The Balaban J connectivity index is 1.54. The molecule has 39 heavy (non-hydrogen) atoms. The van der Waals surface area contributed by atoms with Crippen LogP contribution in [0.1, 0.15) is 42.1 Å². The molecule has 0 fully saturated rings. The van der Waals surface area contributed by atoms with Crippen LogP contribution in [0, 0.1) is 13.8 Å². The number of nitrogens with zero attached hydrogens (tertiary/aromatic N) is 3. The lowest BCUT2D eigenvalue weighted by atomic mass is 9.94. The van der Waals surface area contributed by atoms with E-state index in [1.54, 1.807) is 4.68 Å². The highest BCUT2D eigenvalue weighted by Crippen LogP contribution is 2.43. The number of hydrogen-bond acceptors (Lipinski definition) is 6. The summed E-state index contributed by atoms with van der Waals surface area (Å²) in [7, 11) is 0. The van der Waals surface area contributed by atoms with Gasteiger partial charge in [-0.1, -0.05) is 36.4 Å². The second-order valence-corrected chi connectivity index (χ2v) is 10.3. The van der Waals surface area contributed by atoms with Crippen molar-refractivity contribution in [2.75, 3.05) is 17.2 Å². The number of aryl methyl sites for hydroxylation is 2. The Kier molecular flexibility index (Phi) is 7.70. The van der Waals surface area contributed by atoms with Crippen molar-refractivity contribution >= 4 is 33.5 Å². The Morgan fingerprint density at radius 2 is 1.90 bits per heavy atom. The van der Waals surface area contributed by atoms with E-state index in [0.717, 1.165) is 27.9 Å². The molecule has 0 radical (unpaired) electrons. The molecule has 1 atom stereocenters. The monoisotopic (exact) mass is 587 g/mol. The number of ether oxygens (including phenoxy) is 2. The molecule has 200 valence electrons. The van der Waals surface area contributed by atoms with Crippen molar-refractivity contribution in [3.05, 3.63) is 105 Å². The Morgan fingerprint density at radius 3 is 2.67 bits per heavy atom. The molecule has 9 heteroatoms. The predicted molar refractivity (Wildman–Crippen MR) is 155 cm³/mol. The SMILES string of the molecule is CCOc1cc(C2C(C(=O)Nc3cccc(C)c3)=C(C)Nc3ncnn32)cc(Br)c1OCc1ccccc1C. The zero-order valence-electron chi connectivity index (χ0n) is 22.3. The number of rotatable bonds is 8. The fourth-order valence-corrected chi connectivity index (χ4v) is 5.26. The molecule has 5 rings (SSSR count). The van der Waals surface area contributed by atoms with E-state index in [2.05, 4.69) is 49.6 Å². The molecule has 1 amide bonds. The van der Waals surface area contributed by atoms with Crippen molar-refractivity contribution in [2.24, 2.45) is 0 Å². The second-order valence-electron chi connectivity index (χ2n) is 9.40. The normalized spacial score (nSPS) is 14.4. The van der Waals surface area contributed by atoms with Crippen molar-refractivity contribution in [2.45, 2.75) is 40.3 Å². The van der Waals surface area contributed by atoms with Gasteiger partial charge in [-0.25, -0.2) is 4.68 Å². The summed E-state index contributed by atoms with van der Waals surface area (Å²) in [5.41, 5.74) is 6.05.